The molecule has 0 radical (unpaired) electrons. The minimum absolute atomic E-state index is 0.138. The van der Waals surface area contributed by atoms with E-state index in [9.17, 15) is 4.79 Å². The molecule has 112 valence electrons. The molecule has 0 fully saturated rings. The number of rotatable bonds is 3. The van der Waals surface area contributed by atoms with Gasteiger partial charge in [0.15, 0.2) is 5.65 Å². The molecule has 0 aliphatic rings. The van der Waals surface area contributed by atoms with Gasteiger partial charge in [0.25, 0.3) is 5.91 Å². The van der Waals surface area contributed by atoms with E-state index in [-0.39, 0.29) is 5.91 Å². The van der Waals surface area contributed by atoms with Crippen molar-refractivity contribution >= 4 is 23.2 Å². The summed E-state index contributed by atoms with van der Waals surface area (Å²) in [5, 5.41) is 4.61. The van der Waals surface area contributed by atoms with Crippen molar-refractivity contribution in [3.63, 3.8) is 0 Å². The number of nitrogens with zero attached hydrogens (tertiary/aromatic N) is 5. The summed E-state index contributed by atoms with van der Waals surface area (Å²) < 4.78 is 1.61. The van der Waals surface area contributed by atoms with Gasteiger partial charge in [-0.05, 0) is 24.1 Å². The van der Waals surface area contributed by atoms with Gasteiger partial charge in [0.05, 0.1) is 6.20 Å². The maximum atomic E-state index is 12.6. The average Bonchev–Trinajstić information content (AvgIpc) is 2.91. The Morgan fingerprint density at radius 2 is 2.09 bits per heavy atom. The van der Waals surface area contributed by atoms with Gasteiger partial charge in [-0.3, -0.25) is 4.79 Å². The van der Waals surface area contributed by atoms with Crippen LogP contribution in [0.3, 0.4) is 0 Å². The lowest BCUT2D eigenvalue weighted by atomic mass is 10.2. The Kier molecular flexibility index (Phi) is 3.77. The monoisotopic (exact) mass is 315 g/mol. The molecule has 0 bridgehead atoms. The Balaban J connectivity index is 1.84. The highest BCUT2D eigenvalue weighted by atomic mass is 35.5. The maximum absolute atomic E-state index is 12.6. The molecule has 0 aromatic carbocycles. The minimum atomic E-state index is -0.138. The largest absolute Gasteiger partial charge is 0.337 e. The van der Waals surface area contributed by atoms with Crippen molar-refractivity contribution in [3.8, 4) is 0 Å². The smallest absolute Gasteiger partial charge is 0.259 e. The van der Waals surface area contributed by atoms with E-state index in [1.807, 2.05) is 19.2 Å². The van der Waals surface area contributed by atoms with Crippen LogP contribution < -0.4 is 0 Å². The number of hydrogen-bond donors (Lipinski definition) is 0. The number of fused-ring (bicyclic) bond motifs is 1. The first-order valence-corrected chi connectivity index (χ1v) is 7.08. The number of aryl methyl sites for hydroxylation is 1. The van der Waals surface area contributed by atoms with Crippen LogP contribution in [0.4, 0.5) is 0 Å². The molecular formula is C15H14ClN5O. The molecule has 0 spiro atoms. The molecule has 3 heterocycles. The average molecular weight is 316 g/mol. The van der Waals surface area contributed by atoms with Gasteiger partial charge in [0, 0.05) is 32.2 Å². The highest BCUT2D eigenvalue weighted by Gasteiger charge is 2.18. The van der Waals surface area contributed by atoms with Crippen molar-refractivity contribution in [1.29, 1.82) is 0 Å². The van der Waals surface area contributed by atoms with Gasteiger partial charge in [-0.2, -0.15) is 5.10 Å². The van der Waals surface area contributed by atoms with Crippen molar-refractivity contribution in [2.45, 2.75) is 13.5 Å². The van der Waals surface area contributed by atoms with Crippen molar-refractivity contribution < 1.29 is 4.79 Å². The molecule has 22 heavy (non-hydrogen) atoms. The zero-order valence-electron chi connectivity index (χ0n) is 12.2. The number of carbonyl (C=O) groups excluding carboxylic acids is 1. The highest BCUT2D eigenvalue weighted by Crippen LogP contribution is 2.13. The Labute approximate surface area is 132 Å². The Morgan fingerprint density at radius 1 is 1.27 bits per heavy atom. The van der Waals surface area contributed by atoms with Crippen LogP contribution in [0.5, 0.6) is 0 Å². The quantitative estimate of drug-likeness (QED) is 0.696. The number of amides is 1. The van der Waals surface area contributed by atoms with Crippen LogP contribution in [-0.4, -0.2) is 37.4 Å². The molecule has 3 rings (SSSR count). The first-order chi connectivity index (χ1) is 10.5. The lowest BCUT2D eigenvalue weighted by Gasteiger charge is -2.16. The molecule has 0 unspecified atom stereocenters. The van der Waals surface area contributed by atoms with E-state index in [0.717, 1.165) is 11.1 Å². The molecule has 0 aliphatic carbocycles. The molecule has 3 aromatic rings. The van der Waals surface area contributed by atoms with Gasteiger partial charge in [-0.25, -0.2) is 14.5 Å². The Bertz CT molecular complexity index is 828. The summed E-state index contributed by atoms with van der Waals surface area (Å²) in [5.41, 5.74) is 2.91. The van der Waals surface area contributed by atoms with E-state index in [0.29, 0.717) is 22.9 Å². The Hall–Kier alpha value is -2.47. The van der Waals surface area contributed by atoms with Crippen molar-refractivity contribution in [2.24, 2.45) is 0 Å². The fourth-order valence-corrected chi connectivity index (χ4v) is 2.28. The van der Waals surface area contributed by atoms with Crippen LogP contribution in [0.25, 0.3) is 5.65 Å². The zero-order valence-corrected chi connectivity index (χ0v) is 12.9. The van der Waals surface area contributed by atoms with E-state index >= 15 is 0 Å². The lowest BCUT2D eigenvalue weighted by Crippen LogP contribution is -2.26. The van der Waals surface area contributed by atoms with E-state index in [2.05, 4.69) is 15.1 Å². The summed E-state index contributed by atoms with van der Waals surface area (Å²) in [4.78, 5) is 22.5. The summed E-state index contributed by atoms with van der Waals surface area (Å²) in [6, 6.07) is 3.55. The number of pyridine rings is 1. The predicted octanol–water partition coefficient (Wildman–Crippen LogP) is 2.36. The highest BCUT2D eigenvalue weighted by molar-refractivity contribution is 6.29. The van der Waals surface area contributed by atoms with Gasteiger partial charge in [-0.1, -0.05) is 17.7 Å². The molecule has 0 aliphatic heterocycles. The molecule has 1 amide bonds. The third kappa shape index (κ3) is 2.78. The van der Waals surface area contributed by atoms with E-state index in [1.54, 1.807) is 41.1 Å². The first kappa shape index (κ1) is 14.5. The van der Waals surface area contributed by atoms with Gasteiger partial charge in [0.2, 0.25) is 0 Å². The predicted molar refractivity (Wildman–Crippen MR) is 82.8 cm³/mol. The molecule has 6 nitrogen and oxygen atoms in total. The normalized spacial score (nSPS) is 10.9. The third-order valence-corrected chi connectivity index (χ3v) is 3.49. The fraction of sp³-hybridized carbons (Fsp3) is 0.200. The zero-order chi connectivity index (χ0) is 15.7. The van der Waals surface area contributed by atoms with Crippen LogP contribution in [0.15, 0.2) is 36.9 Å². The van der Waals surface area contributed by atoms with Crippen LogP contribution in [0.2, 0.25) is 5.15 Å². The number of aromatic nitrogens is 4. The van der Waals surface area contributed by atoms with Crippen LogP contribution in [0, 0.1) is 6.92 Å². The topological polar surface area (TPSA) is 63.4 Å². The van der Waals surface area contributed by atoms with Crippen molar-refractivity contribution in [3.05, 3.63) is 58.8 Å². The standard InChI is InChI=1S/C15H14ClN5O/c1-10-5-18-14-12(7-19-21(14)8-10)15(22)20(2)9-11-3-4-13(16)17-6-11/h3-8H,9H2,1-2H3. The van der Waals surface area contributed by atoms with Crippen LogP contribution >= 0.6 is 11.6 Å². The van der Waals surface area contributed by atoms with Gasteiger partial charge >= 0.3 is 0 Å². The maximum Gasteiger partial charge on any atom is 0.259 e. The summed E-state index contributed by atoms with van der Waals surface area (Å²) in [6.45, 7) is 2.36. The summed E-state index contributed by atoms with van der Waals surface area (Å²) >= 11 is 5.76. The summed E-state index contributed by atoms with van der Waals surface area (Å²) in [6.07, 6.45) is 6.75. The molecule has 7 heteroatoms. The van der Waals surface area contributed by atoms with Gasteiger partial charge in [-0.15, -0.1) is 0 Å². The lowest BCUT2D eigenvalue weighted by molar-refractivity contribution is 0.0786. The minimum Gasteiger partial charge on any atom is -0.337 e. The van der Waals surface area contributed by atoms with Gasteiger partial charge < -0.3 is 4.90 Å². The summed E-state index contributed by atoms with van der Waals surface area (Å²) in [5.74, 6) is -0.138. The second-order valence-electron chi connectivity index (χ2n) is 5.11. The number of hydrogen-bond acceptors (Lipinski definition) is 4. The first-order valence-electron chi connectivity index (χ1n) is 6.70. The molecule has 3 aromatic heterocycles. The third-order valence-electron chi connectivity index (χ3n) is 3.27. The van der Waals surface area contributed by atoms with Crippen molar-refractivity contribution in [2.75, 3.05) is 7.05 Å². The van der Waals surface area contributed by atoms with Crippen LogP contribution in [0.1, 0.15) is 21.5 Å². The van der Waals surface area contributed by atoms with Gasteiger partial charge in [0.1, 0.15) is 10.7 Å². The molecule has 0 N–H and O–H groups in total. The molecular weight excluding hydrogens is 302 g/mol. The summed E-state index contributed by atoms with van der Waals surface area (Å²) in [7, 11) is 1.73. The molecule has 0 atom stereocenters. The van der Waals surface area contributed by atoms with E-state index in [1.165, 1.54) is 0 Å². The number of halogens is 1. The fourth-order valence-electron chi connectivity index (χ4n) is 2.17. The SMILES string of the molecule is Cc1cnc2c(C(=O)N(C)Cc3ccc(Cl)nc3)cnn2c1. The van der Waals surface area contributed by atoms with Crippen molar-refractivity contribution in [1.82, 2.24) is 24.5 Å². The van der Waals surface area contributed by atoms with E-state index in [4.69, 9.17) is 11.6 Å². The van der Waals surface area contributed by atoms with Crippen LogP contribution in [-0.2, 0) is 6.54 Å². The molecule has 0 saturated heterocycles. The van der Waals surface area contributed by atoms with E-state index < -0.39 is 0 Å². The number of carbonyl (C=O) groups is 1. The second-order valence-corrected chi connectivity index (χ2v) is 5.50. The Morgan fingerprint density at radius 3 is 2.82 bits per heavy atom. The second kappa shape index (κ2) is 5.73. The molecule has 0 saturated carbocycles.